The molecule has 0 aromatic carbocycles. The molecule has 2 rings (SSSR count). The van der Waals surface area contributed by atoms with Crippen molar-refractivity contribution in [1.82, 2.24) is 4.90 Å². The Bertz CT molecular complexity index is 183. The Morgan fingerprint density at radius 2 is 1.71 bits per heavy atom. The topological polar surface area (TPSA) is 29.3 Å². The fraction of sp³-hybridized carbons (Fsp3) is 1.00. The first-order valence-corrected chi connectivity index (χ1v) is 6.14. The van der Waals surface area contributed by atoms with Gasteiger partial charge in [-0.3, -0.25) is 4.90 Å². The molecule has 0 radical (unpaired) electrons. The van der Waals surface area contributed by atoms with Crippen molar-refractivity contribution in [2.24, 2.45) is 17.6 Å². The van der Waals surface area contributed by atoms with E-state index < -0.39 is 0 Å². The average molecular weight is 196 g/mol. The van der Waals surface area contributed by atoms with Crippen LogP contribution in [0.4, 0.5) is 0 Å². The van der Waals surface area contributed by atoms with E-state index in [1.54, 1.807) is 0 Å². The summed E-state index contributed by atoms with van der Waals surface area (Å²) in [6, 6.07) is 1.28. The van der Waals surface area contributed by atoms with E-state index in [1.165, 1.54) is 32.2 Å². The quantitative estimate of drug-likeness (QED) is 0.693. The highest BCUT2D eigenvalue weighted by Gasteiger charge is 2.31. The van der Waals surface area contributed by atoms with Gasteiger partial charge in [0.1, 0.15) is 0 Å². The standard InChI is InChI=1S/C12H24N2/c1-9-5-10(2)7-12(6-9)14-4-3-11(13)8-14/h9-12H,3-8,13H2,1-2H3. The lowest BCUT2D eigenvalue weighted by Crippen LogP contribution is -2.40. The van der Waals surface area contributed by atoms with Crippen molar-refractivity contribution >= 4 is 0 Å². The number of hydrogen-bond acceptors (Lipinski definition) is 2. The number of rotatable bonds is 1. The predicted molar refractivity (Wildman–Crippen MR) is 60.1 cm³/mol. The molecule has 82 valence electrons. The van der Waals surface area contributed by atoms with Crippen LogP contribution < -0.4 is 5.73 Å². The maximum Gasteiger partial charge on any atom is 0.0180 e. The lowest BCUT2D eigenvalue weighted by atomic mass is 9.80. The van der Waals surface area contributed by atoms with Gasteiger partial charge in [0.15, 0.2) is 0 Å². The molecule has 0 bridgehead atoms. The largest absolute Gasteiger partial charge is 0.326 e. The van der Waals surface area contributed by atoms with Crippen molar-refractivity contribution in [2.75, 3.05) is 13.1 Å². The molecule has 1 saturated heterocycles. The summed E-state index contributed by atoms with van der Waals surface area (Å²) >= 11 is 0. The third-order valence-electron chi connectivity index (χ3n) is 3.93. The van der Waals surface area contributed by atoms with Crippen LogP contribution in [0.25, 0.3) is 0 Å². The third-order valence-corrected chi connectivity index (χ3v) is 3.93. The van der Waals surface area contributed by atoms with Crippen LogP contribution in [0, 0.1) is 11.8 Å². The first-order chi connectivity index (χ1) is 6.65. The normalized spacial score (nSPS) is 45.6. The molecule has 0 aromatic heterocycles. The molecule has 2 fully saturated rings. The maximum absolute atomic E-state index is 5.96. The Morgan fingerprint density at radius 1 is 1.07 bits per heavy atom. The van der Waals surface area contributed by atoms with Crippen molar-refractivity contribution in [3.05, 3.63) is 0 Å². The summed E-state index contributed by atoms with van der Waals surface area (Å²) in [5, 5.41) is 0. The minimum Gasteiger partial charge on any atom is -0.326 e. The molecule has 2 heteroatoms. The van der Waals surface area contributed by atoms with Gasteiger partial charge in [-0.15, -0.1) is 0 Å². The number of hydrogen-bond donors (Lipinski definition) is 1. The number of nitrogens with two attached hydrogens (primary N) is 1. The predicted octanol–water partition coefficient (Wildman–Crippen LogP) is 1.84. The second-order valence-electron chi connectivity index (χ2n) is 5.61. The molecule has 1 aliphatic heterocycles. The Kier molecular flexibility index (Phi) is 3.13. The molecule has 2 nitrogen and oxygen atoms in total. The fourth-order valence-corrected chi connectivity index (χ4v) is 3.35. The molecule has 1 saturated carbocycles. The molecule has 0 amide bonds. The molecule has 3 atom stereocenters. The SMILES string of the molecule is CC1CC(C)CC(N2CCC(N)C2)C1. The van der Waals surface area contributed by atoms with Gasteiger partial charge in [0.2, 0.25) is 0 Å². The molecule has 2 aliphatic rings. The summed E-state index contributed by atoms with van der Waals surface area (Å²) in [7, 11) is 0. The molecular formula is C12H24N2. The second kappa shape index (κ2) is 4.19. The fourth-order valence-electron chi connectivity index (χ4n) is 3.35. The molecule has 2 N–H and O–H groups in total. The van der Waals surface area contributed by atoms with Crippen LogP contribution in [0.2, 0.25) is 0 Å². The van der Waals surface area contributed by atoms with Gasteiger partial charge >= 0.3 is 0 Å². The van der Waals surface area contributed by atoms with Gasteiger partial charge in [-0.05, 0) is 37.5 Å². The zero-order chi connectivity index (χ0) is 10.1. The summed E-state index contributed by atoms with van der Waals surface area (Å²) < 4.78 is 0. The van der Waals surface area contributed by atoms with Crippen LogP contribution in [0.1, 0.15) is 39.5 Å². The van der Waals surface area contributed by atoms with E-state index in [0.717, 1.165) is 24.4 Å². The van der Waals surface area contributed by atoms with E-state index in [9.17, 15) is 0 Å². The van der Waals surface area contributed by atoms with Crippen LogP contribution in [0.15, 0.2) is 0 Å². The Morgan fingerprint density at radius 3 is 2.21 bits per heavy atom. The van der Waals surface area contributed by atoms with Crippen LogP contribution in [0.5, 0.6) is 0 Å². The Balaban J connectivity index is 1.90. The smallest absolute Gasteiger partial charge is 0.0180 e. The van der Waals surface area contributed by atoms with Gasteiger partial charge < -0.3 is 5.73 Å². The van der Waals surface area contributed by atoms with E-state index in [4.69, 9.17) is 5.73 Å². The lowest BCUT2D eigenvalue weighted by Gasteiger charge is -2.37. The van der Waals surface area contributed by atoms with E-state index >= 15 is 0 Å². The number of nitrogens with zero attached hydrogens (tertiary/aromatic N) is 1. The summed E-state index contributed by atoms with van der Waals surface area (Å²) in [6.07, 6.45) is 5.43. The molecule has 0 spiro atoms. The lowest BCUT2D eigenvalue weighted by molar-refractivity contribution is 0.131. The van der Waals surface area contributed by atoms with Crippen molar-refractivity contribution in [3.8, 4) is 0 Å². The molecular weight excluding hydrogens is 172 g/mol. The van der Waals surface area contributed by atoms with E-state index in [1.807, 2.05) is 0 Å². The maximum atomic E-state index is 5.96. The van der Waals surface area contributed by atoms with Gasteiger partial charge in [0, 0.05) is 25.2 Å². The third kappa shape index (κ3) is 2.29. The van der Waals surface area contributed by atoms with Crippen molar-refractivity contribution in [2.45, 2.75) is 51.6 Å². The van der Waals surface area contributed by atoms with Crippen molar-refractivity contribution < 1.29 is 0 Å². The minimum absolute atomic E-state index is 0.447. The van der Waals surface area contributed by atoms with Gasteiger partial charge in [-0.1, -0.05) is 13.8 Å². The highest BCUT2D eigenvalue weighted by molar-refractivity contribution is 4.87. The molecule has 14 heavy (non-hydrogen) atoms. The Hall–Kier alpha value is -0.0800. The second-order valence-corrected chi connectivity index (χ2v) is 5.61. The van der Waals surface area contributed by atoms with Gasteiger partial charge in [0.25, 0.3) is 0 Å². The van der Waals surface area contributed by atoms with Gasteiger partial charge in [0.05, 0.1) is 0 Å². The first-order valence-electron chi connectivity index (χ1n) is 6.14. The van der Waals surface area contributed by atoms with Gasteiger partial charge in [-0.2, -0.15) is 0 Å². The Labute approximate surface area is 87.8 Å². The van der Waals surface area contributed by atoms with Crippen LogP contribution in [-0.2, 0) is 0 Å². The van der Waals surface area contributed by atoms with Crippen molar-refractivity contribution in [1.29, 1.82) is 0 Å². The van der Waals surface area contributed by atoms with E-state index in [2.05, 4.69) is 18.7 Å². The first kappa shape index (κ1) is 10.4. The highest BCUT2D eigenvalue weighted by atomic mass is 15.2. The summed E-state index contributed by atoms with van der Waals surface area (Å²) in [5.41, 5.74) is 5.96. The molecule has 3 unspecified atom stereocenters. The van der Waals surface area contributed by atoms with E-state index in [-0.39, 0.29) is 0 Å². The molecule has 0 aromatic rings. The molecule has 1 heterocycles. The van der Waals surface area contributed by atoms with Crippen LogP contribution in [0.3, 0.4) is 0 Å². The van der Waals surface area contributed by atoms with Gasteiger partial charge in [-0.25, -0.2) is 0 Å². The summed E-state index contributed by atoms with van der Waals surface area (Å²) in [5.74, 6) is 1.83. The highest BCUT2D eigenvalue weighted by Crippen LogP contribution is 2.32. The van der Waals surface area contributed by atoms with Crippen LogP contribution >= 0.6 is 0 Å². The number of likely N-dealkylation sites (tertiary alicyclic amines) is 1. The van der Waals surface area contributed by atoms with Crippen LogP contribution in [-0.4, -0.2) is 30.1 Å². The molecule has 1 aliphatic carbocycles. The van der Waals surface area contributed by atoms with E-state index in [0.29, 0.717) is 6.04 Å². The monoisotopic (exact) mass is 196 g/mol. The zero-order valence-electron chi connectivity index (χ0n) is 9.58. The summed E-state index contributed by atoms with van der Waals surface area (Å²) in [6.45, 7) is 7.19. The zero-order valence-corrected chi connectivity index (χ0v) is 9.58. The minimum atomic E-state index is 0.447. The van der Waals surface area contributed by atoms with Crippen molar-refractivity contribution in [3.63, 3.8) is 0 Å². The summed E-state index contributed by atoms with van der Waals surface area (Å²) in [4.78, 5) is 2.64. The average Bonchev–Trinajstić information content (AvgIpc) is 2.50.